The molecular formula is C21H20FN3O2. The third-order valence-electron chi connectivity index (χ3n) is 4.94. The van der Waals surface area contributed by atoms with E-state index in [4.69, 9.17) is 14.7 Å². The molecule has 2 atom stereocenters. The summed E-state index contributed by atoms with van der Waals surface area (Å²) in [7, 11) is 0. The lowest BCUT2D eigenvalue weighted by Gasteiger charge is -2.26. The van der Waals surface area contributed by atoms with Crippen molar-refractivity contribution in [2.45, 2.75) is 18.6 Å². The zero-order valence-corrected chi connectivity index (χ0v) is 14.8. The maximum atomic E-state index is 14.2. The Kier molecular flexibility index (Phi) is 5.14. The Morgan fingerprint density at radius 3 is 2.93 bits per heavy atom. The van der Waals surface area contributed by atoms with E-state index in [1.807, 2.05) is 18.2 Å². The van der Waals surface area contributed by atoms with E-state index in [9.17, 15) is 4.39 Å². The highest BCUT2D eigenvalue weighted by molar-refractivity contribution is 5.71. The SMILES string of the molecule is N#Cc1ccc(-c2cccc(CC3CNCCO3)c2C2CN=CO2)cc1F. The number of aliphatic imine (C=N–C) groups is 1. The lowest BCUT2D eigenvalue weighted by molar-refractivity contribution is 0.0289. The highest BCUT2D eigenvalue weighted by atomic mass is 19.1. The molecule has 0 saturated carbocycles. The van der Waals surface area contributed by atoms with E-state index in [1.54, 1.807) is 6.07 Å². The molecule has 1 N–H and O–H groups in total. The molecule has 27 heavy (non-hydrogen) atoms. The average Bonchev–Trinajstić information content (AvgIpc) is 3.23. The van der Waals surface area contributed by atoms with Gasteiger partial charge in [0, 0.05) is 25.1 Å². The topological polar surface area (TPSA) is 66.6 Å². The molecule has 5 nitrogen and oxygen atoms in total. The second kappa shape index (κ2) is 7.87. The lowest BCUT2D eigenvalue weighted by atomic mass is 9.89. The summed E-state index contributed by atoms with van der Waals surface area (Å²) in [5.41, 5.74) is 3.78. The van der Waals surface area contributed by atoms with Crippen LogP contribution in [0.2, 0.25) is 0 Å². The molecule has 0 spiro atoms. The van der Waals surface area contributed by atoms with Gasteiger partial charge in [0.15, 0.2) is 6.40 Å². The van der Waals surface area contributed by atoms with E-state index in [1.165, 1.54) is 18.5 Å². The molecule has 0 aromatic heterocycles. The van der Waals surface area contributed by atoms with Crippen molar-refractivity contribution in [2.75, 3.05) is 26.2 Å². The zero-order chi connectivity index (χ0) is 18.6. The largest absolute Gasteiger partial charge is 0.474 e. The van der Waals surface area contributed by atoms with Crippen LogP contribution >= 0.6 is 0 Å². The molecule has 2 aliphatic heterocycles. The van der Waals surface area contributed by atoms with Crippen molar-refractivity contribution in [3.63, 3.8) is 0 Å². The molecular weight excluding hydrogens is 345 g/mol. The molecule has 0 amide bonds. The van der Waals surface area contributed by atoms with Crippen LogP contribution in [0.25, 0.3) is 11.1 Å². The summed E-state index contributed by atoms with van der Waals surface area (Å²) in [4.78, 5) is 4.20. The van der Waals surface area contributed by atoms with Gasteiger partial charge < -0.3 is 14.8 Å². The molecule has 0 radical (unpaired) electrons. The standard InChI is InChI=1S/C21H20FN3O2/c22-19-9-14(4-5-16(19)10-23)18-3-1-2-15(8-17-11-24-6-7-26-17)21(18)20-12-25-13-27-20/h1-5,9,13,17,20,24H,6-8,11-12H2. The molecule has 138 valence electrons. The van der Waals surface area contributed by atoms with Crippen LogP contribution in [0.5, 0.6) is 0 Å². The molecule has 0 aliphatic carbocycles. The van der Waals surface area contributed by atoms with Gasteiger partial charge in [-0.15, -0.1) is 0 Å². The molecule has 0 bridgehead atoms. The van der Waals surface area contributed by atoms with Gasteiger partial charge >= 0.3 is 0 Å². The molecule has 1 saturated heterocycles. The van der Waals surface area contributed by atoms with Crippen LogP contribution in [-0.2, 0) is 15.9 Å². The van der Waals surface area contributed by atoms with Gasteiger partial charge in [-0.05, 0) is 28.8 Å². The van der Waals surface area contributed by atoms with Crippen LogP contribution in [0, 0.1) is 17.1 Å². The number of halogens is 1. The molecule has 2 heterocycles. The molecule has 1 fully saturated rings. The fourth-order valence-electron chi connectivity index (χ4n) is 3.65. The molecule has 2 aliphatic rings. The van der Waals surface area contributed by atoms with Gasteiger partial charge in [-0.25, -0.2) is 4.39 Å². The third kappa shape index (κ3) is 3.70. The van der Waals surface area contributed by atoms with Gasteiger partial charge in [0.1, 0.15) is 18.0 Å². The van der Waals surface area contributed by atoms with Crippen LogP contribution in [0.15, 0.2) is 41.4 Å². The molecule has 4 rings (SSSR count). The second-order valence-corrected chi connectivity index (χ2v) is 6.68. The van der Waals surface area contributed by atoms with Crippen molar-refractivity contribution in [3.05, 3.63) is 58.9 Å². The van der Waals surface area contributed by atoms with Crippen LogP contribution < -0.4 is 5.32 Å². The van der Waals surface area contributed by atoms with Crippen molar-refractivity contribution in [1.29, 1.82) is 5.26 Å². The molecule has 2 aromatic rings. The minimum Gasteiger partial charge on any atom is -0.474 e. The summed E-state index contributed by atoms with van der Waals surface area (Å²) >= 11 is 0. The van der Waals surface area contributed by atoms with E-state index in [-0.39, 0.29) is 17.8 Å². The quantitative estimate of drug-likeness (QED) is 0.905. The van der Waals surface area contributed by atoms with E-state index < -0.39 is 5.82 Å². The maximum absolute atomic E-state index is 14.2. The first-order valence-electron chi connectivity index (χ1n) is 9.04. The van der Waals surface area contributed by atoms with Gasteiger partial charge in [0.2, 0.25) is 0 Å². The summed E-state index contributed by atoms with van der Waals surface area (Å²) in [5.74, 6) is -0.519. The first kappa shape index (κ1) is 17.7. The Bertz CT molecular complexity index is 893. The van der Waals surface area contributed by atoms with Crippen molar-refractivity contribution in [2.24, 2.45) is 4.99 Å². The molecule has 6 heteroatoms. The van der Waals surface area contributed by atoms with Crippen molar-refractivity contribution >= 4 is 6.40 Å². The molecule has 2 unspecified atom stereocenters. The summed E-state index contributed by atoms with van der Waals surface area (Å²) in [6.07, 6.45) is 2.11. The van der Waals surface area contributed by atoms with E-state index in [0.29, 0.717) is 13.2 Å². The van der Waals surface area contributed by atoms with Crippen LogP contribution in [0.3, 0.4) is 0 Å². The maximum Gasteiger partial charge on any atom is 0.170 e. The summed E-state index contributed by atoms with van der Waals surface area (Å²) in [6.45, 7) is 2.90. The van der Waals surface area contributed by atoms with Gasteiger partial charge in [-0.1, -0.05) is 24.3 Å². The van der Waals surface area contributed by atoms with E-state index >= 15 is 0 Å². The number of nitrogens with zero attached hydrogens (tertiary/aromatic N) is 2. The normalized spacial score (nSPS) is 21.6. The fraction of sp³-hybridized carbons (Fsp3) is 0.333. The Morgan fingerprint density at radius 1 is 1.30 bits per heavy atom. The number of hydrogen-bond donors (Lipinski definition) is 1. The van der Waals surface area contributed by atoms with Gasteiger partial charge in [0.25, 0.3) is 0 Å². The van der Waals surface area contributed by atoms with Crippen LogP contribution in [0.4, 0.5) is 4.39 Å². The number of nitriles is 1. The number of benzene rings is 2. The summed E-state index contributed by atoms with van der Waals surface area (Å²) in [6, 6.07) is 12.6. The van der Waals surface area contributed by atoms with E-state index in [2.05, 4.69) is 16.4 Å². The lowest BCUT2D eigenvalue weighted by Crippen LogP contribution is -2.39. The number of rotatable bonds is 4. The smallest absolute Gasteiger partial charge is 0.170 e. The summed E-state index contributed by atoms with van der Waals surface area (Å²) < 4.78 is 25.8. The van der Waals surface area contributed by atoms with Gasteiger partial charge in [0.05, 0.1) is 24.8 Å². The average molecular weight is 365 g/mol. The zero-order valence-electron chi connectivity index (χ0n) is 14.8. The van der Waals surface area contributed by atoms with Crippen molar-refractivity contribution in [1.82, 2.24) is 5.32 Å². The first-order valence-corrected chi connectivity index (χ1v) is 9.04. The monoisotopic (exact) mass is 365 g/mol. The van der Waals surface area contributed by atoms with E-state index in [0.717, 1.165) is 41.8 Å². The highest BCUT2D eigenvalue weighted by Gasteiger charge is 2.25. The van der Waals surface area contributed by atoms with Crippen LogP contribution in [0.1, 0.15) is 22.8 Å². The Balaban J connectivity index is 1.75. The summed E-state index contributed by atoms with van der Waals surface area (Å²) in [5, 5.41) is 12.3. The number of nitrogens with one attached hydrogen (secondary N) is 1. The van der Waals surface area contributed by atoms with Crippen molar-refractivity contribution in [3.8, 4) is 17.2 Å². The van der Waals surface area contributed by atoms with Gasteiger partial charge in [-0.3, -0.25) is 4.99 Å². The predicted octanol–water partition coefficient (Wildman–Crippen LogP) is 2.99. The number of ether oxygens (including phenoxy) is 2. The fourth-order valence-corrected chi connectivity index (χ4v) is 3.65. The first-order chi connectivity index (χ1) is 13.3. The Labute approximate surface area is 157 Å². The Hall–Kier alpha value is -2.75. The number of hydrogen-bond acceptors (Lipinski definition) is 5. The number of morpholine rings is 1. The predicted molar refractivity (Wildman–Crippen MR) is 100 cm³/mol. The minimum absolute atomic E-state index is 0.0404. The molecule has 2 aromatic carbocycles. The third-order valence-corrected chi connectivity index (χ3v) is 4.94. The van der Waals surface area contributed by atoms with Crippen LogP contribution in [-0.4, -0.2) is 38.7 Å². The highest BCUT2D eigenvalue weighted by Crippen LogP contribution is 2.35. The second-order valence-electron chi connectivity index (χ2n) is 6.68. The van der Waals surface area contributed by atoms with Gasteiger partial charge in [-0.2, -0.15) is 5.26 Å². The Morgan fingerprint density at radius 2 is 2.22 bits per heavy atom. The van der Waals surface area contributed by atoms with Crippen molar-refractivity contribution < 1.29 is 13.9 Å². The minimum atomic E-state index is -0.519.